The summed E-state index contributed by atoms with van der Waals surface area (Å²) >= 11 is 0. The van der Waals surface area contributed by atoms with E-state index in [1.165, 1.54) is 19.3 Å². The molecule has 1 saturated heterocycles. The van der Waals surface area contributed by atoms with Crippen LogP contribution in [0.3, 0.4) is 0 Å². The molecule has 186 valence electrons. The summed E-state index contributed by atoms with van der Waals surface area (Å²) in [5.74, 6) is -7.84. The predicted molar refractivity (Wildman–Crippen MR) is 121 cm³/mol. The van der Waals surface area contributed by atoms with Crippen LogP contribution in [0.2, 0.25) is 0 Å². The molecule has 3 heterocycles. The Hall–Kier alpha value is -3.47. The fourth-order valence-corrected chi connectivity index (χ4v) is 4.18. The Kier molecular flexibility index (Phi) is 7.34. The zero-order valence-electron chi connectivity index (χ0n) is 19.4. The molecule has 0 saturated carbocycles. The molecular weight excluding hydrogens is 462 g/mol. The first-order chi connectivity index (χ1) is 16.9. The lowest BCUT2D eigenvalue weighted by Crippen LogP contribution is -2.34. The molecule has 1 unspecified atom stereocenters. The third-order valence-electron chi connectivity index (χ3n) is 5.91. The van der Waals surface area contributed by atoms with E-state index < -0.39 is 30.2 Å². The molecule has 0 radical (unpaired) electrons. The summed E-state index contributed by atoms with van der Waals surface area (Å²) in [6.07, 6.45) is 4.68. The van der Waals surface area contributed by atoms with Gasteiger partial charge in [-0.1, -0.05) is 18.2 Å². The molecule has 2 atom stereocenters. The largest absolute Gasteiger partial charge is 0.469 e. The second kappa shape index (κ2) is 10.4. The van der Waals surface area contributed by atoms with E-state index in [0.717, 1.165) is 26.4 Å². The van der Waals surface area contributed by atoms with Crippen LogP contribution in [0.1, 0.15) is 50.3 Å². The highest BCUT2D eigenvalue weighted by molar-refractivity contribution is 5.88. The zero-order valence-corrected chi connectivity index (χ0v) is 19.4. The number of carbonyl (C=O) groups is 2. The van der Waals surface area contributed by atoms with Gasteiger partial charge in [-0.05, 0) is 37.8 Å². The highest BCUT2D eigenvalue weighted by Gasteiger charge is 2.45. The van der Waals surface area contributed by atoms with Gasteiger partial charge in [0.25, 0.3) is 0 Å². The van der Waals surface area contributed by atoms with Crippen LogP contribution < -0.4 is 0 Å². The fourth-order valence-electron chi connectivity index (χ4n) is 4.18. The molecule has 1 aliphatic heterocycles. The maximum atomic E-state index is 14.5. The van der Waals surface area contributed by atoms with Gasteiger partial charge in [0.2, 0.25) is 0 Å². The Morgan fingerprint density at radius 1 is 1.26 bits per heavy atom. The lowest BCUT2D eigenvalue weighted by molar-refractivity contribution is -0.174. The van der Waals surface area contributed by atoms with Gasteiger partial charge < -0.3 is 14.2 Å². The van der Waals surface area contributed by atoms with Crippen molar-refractivity contribution in [1.29, 1.82) is 0 Å². The van der Waals surface area contributed by atoms with Crippen molar-refractivity contribution in [2.45, 2.75) is 50.7 Å². The highest BCUT2D eigenvalue weighted by Crippen LogP contribution is 2.35. The molecule has 0 bridgehead atoms. The summed E-state index contributed by atoms with van der Waals surface area (Å²) in [6, 6.07) is 6.46. The number of fused-ring (bicyclic) bond motifs is 1. The number of imidazole rings is 1. The normalized spacial score (nSPS) is 17.2. The van der Waals surface area contributed by atoms with Gasteiger partial charge in [0.15, 0.2) is 5.65 Å². The van der Waals surface area contributed by atoms with Crippen LogP contribution >= 0.6 is 0 Å². The number of nitrogens with zero attached hydrogens (tertiary/aromatic N) is 4. The van der Waals surface area contributed by atoms with E-state index in [2.05, 4.69) is 19.7 Å². The summed E-state index contributed by atoms with van der Waals surface area (Å²) < 4.78 is 46.0. The molecule has 1 aliphatic rings. The second-order valence-corrected chi connectivity index (χ2v) is 8.20. The van der Waals surface area contributed by atoms with E-state index in [1.807, 2.05) is 4.57 Å². The number of methoxy groups -OCH3 is 1. The minimum absolute atomic E-state index is 0.170. The van der Waals surface area contributed by atoms with E-state index in [9.17, 15) is 18.4 Å². The summed E-state index contributed by atoms with van der Waals surface area (Å²) in [7, 11) is 1.11. The van der Waals surface area contributed by atoms with Crippen LogP contribution in [0, 0.1) is 0 Å². The summed E-state index contributed by atoms with van der Waals surface area (Å²) in [6.45, 7) is 1.89. The van der Waals surface area contributed by atoms with E-state index >= 15 is 0 Å². The number of esters is 2. The second-order valence-electron chi connectivity index (χ2n) is 8.20. The highest BCUT2D eigenvalue weighted by atomic mass is 19.3. The fraction of sp³-hybridized carbons (Fsp3) is 0.458. The van der Waals surface area contributed by atoms with Gasteiger partial charge >= 0.3 is 17.9 Å². The minimum Gasteiger partial charge on any atom is -0.469 e. The van der Waals surface area contributed by atoms with Crippen molar-refractivity contribution in [2.24, 2.45) is 0 Å². The predicted octanol–water partition coefficient (Wildman–Crippen LogP) is 4.04. The molecule has 35 heavy (non-hydrogen) atoms. The molecule has 9 nitrogen and oxygen atoms in total. The van der Waals surface area contributed by atoms with Gasteiger partial charge in [-0.15, -0.1) is 0 Å². The monoisotopic (exact) mass is 488 g/mol. The number of benzene rings is 1. The van der Waals surface area contributed by atoms with Gasteiger partial charge in [0, 0.05) is 18.6 Å². The van der Waals surface area contributed by atoms with Crippen molar-refractivity contribution < 1.29 is 32.6 Å². The molecule has 0 aliphatic carbocycles. The number of carbonyl (C=O) groups excluding carboxylic acids is 2. The first-order valence-corrected chi connectivity index (χ1v) is 11.4. The van der Waals surface area contributed by atoms with Gasteiger partial charge in [-0.2, -0.15) is 8.78 Å². The van der Waals surface area contributed by atoms with Gasteiger partial charge in [0.1, 0.15) is 23.8 Å². The molecule has 2 aromatic heterocycles. The number of ether oxygens (including phenoxy) is 3. The first kappa shape index (κ1) is 24.6. The molecule has 0 spiro atoms. The van der Waals surface area contributed by atoms with Crippen molar-refractivity contribution in [3.63, 3.8) is 0 Å². The topological polar surface area (TPSA) is 105 Å². The van der Waals surface area contributed by atoms with Crippen molar-refractivity contribution in [1.82, 2.24) is 19.5 Å². The summed E-state index contributed by atoms with van der Waals surface area (Å²) in [5, 5.41) is 0. The Labute approximate surface area is 200 Å². The number of hydrogen-bond donors (Lipinski definition) is 0. The lowest BCUT2D eigenvalue weighted by atomic mass is 9.91. The van der Waals surface area contributed by atoms with Gasteiger partial charge in [-0.3, -0.25) is 9.36 Å². The number of alkyl halides is 2. The van der Waals surface area contributed by atoms with E-state index in [1.54, 1.807) is 24.5 Å². The third-order valence-corrected chi connectivity index (χ3v) is 5.91. The Bertz CT molecular complexity index is 1210. The van der Waals surface area contributed by atoms with Crippen LogP contribution in [0.4, 0.5) is 8.78 Å². The maximum Gasteiger partial charge on any atom is 0.377 e. The quantitative estimate of drug-likeness (QED) is 0.438. The van der Waals surface area contributed by atoms with Crippen molar-refractivity contribution in [3.05, 3.63) is 42.5 Å². The summed E-state index contributed by atoms with van der Waals surface area (Å²) in [4.78, 5) is 37.4. The van der Waals surface area contributed by atoms with E-state index in [-0.39, 0.29) is 18.4 Å². The molecule has 3 aromatic rings. The van der Waals surface area contributed by atoms with Crippen molar-refractivity contribution >= 4 is 23.1 Å². The Morgan fingerprint density at radius 2 is 2.09 bits per heavy atom. The van der Waals surface area contributed by atoms with Crippen molar-refractivity contribution in [3.8, 4) is 11.3 Å². The molecule has 1 fully saturated rings. The van der Waals surface area contributed by atoms with E-state index in [4.69, 9.17) is 9.47 Å². The zero-order chi connectivity index (χ0) is 25.0. The molecule has 11 heteroatoms. The molecule has 0 amide bonds. The number of hydrogen-bond acceptors (Lipinski definition) is 8. The smallest absolute Gasteiger partial charge is 0.377 e. The number of rotatable bonds is 8. The first-order valence-electron chi connectivity index (χ1n) is 11.4. The van der Waals surface area contributed by atoms with Crippen LogP contribution in [0.25, 0.3) is 22.4 Å². The number of halogens is 2. The Morgan fingerprint density at radius 3 is 2.80 bits per heavy atom. The number of aromatic nitrogens is 4. The molecule has 4 rings (SSSR count). The molecule has 0 N–H and O–H groups in total. The van der Waals surface area contributed by atoms with Crippen LogP contribution in [-0.2, 0) is 23.8 Å². The minimum atomic E-state index is -3.87. The third kappa shape index (κ3) is 5.14. The maximum absolute atomic E-state index is 14.5. The molecular formula is C24H26F2N4O5. The average Bonchev–Trinajstić information content (AvgIpc) is 3.32. The van der Waals surface area contributed by atoms with E-state index in [0.29, 0.717) is 29.0 Å². The SMILES string of the molecule is CCOC(=O)C(F)(F)C[C@@H](C(=O)OC)c1cccc(-c2ncnc3c2ncn3C2CCCCO2)c1. The van der Waals surface area contributed by atoms with Crippen molar-refractivity contribution in [2.75, 3.05) is 20.3 Å². The average molecular weight is 488 g/mol. The van der Waals surface area contributed by atoms with Crippen LogP contribution in [0.15, 0.2) is 36.9 Å². The molecule has 1 aromatic carbocycles. The van der Waals surface area contributed by atoms with Crippen LogP contribution in [-0.4, -0.2) is 57.7 Å². The van der Waals surface area contributed by atoms with Gasteiger partial charge in [-0.25, -0.2) is 19.7 Å². The Balaban J connectivity index is 1.70. The lowest BCUT2D eigenvalue weighted by Gasteiger charge is -2.23. The van der Waals surface area contributed by atoms with Gasteiger partial charge in [0.05, 0.1) is 26.0 Å². The summed E-state index contributed by atoms with van der Waals surface area (Å²) in [5.41, 5.74) is 2.39. The van der Waals surface area contributed by atoms with Crippen LogP contribution in [0.5, 0.6) is 0 Å². The standard InChI is InChI=1S/C24H26F2N4O5/c1-3-34-23(32)24(25,26)12-17(22(31)33-2)15-7-6-8-16(11-15)19-20-21(28-13-27-19)30(14-29-20)18-9-4-5-10-35-18/h6-8,11,13-14,17-18H,3-5,9-10,12H2,1-2H3/t17-,18?/m1/s1.